The van der Waals surface area contributed by atoms with Crippen LogP contribution in [0.4, 0.5) is 5.69 Å². The number of nitrogens with one attached hydrogen (secondary N) is 1. The molecule has 0 spiro atoms. The number of aromatic nitrogens is 3. The van der Waals surface area contributed by atoms with Crippen molar-refractivity contribution in [2.24, 2.45) is 7.05 Å². The molecule has 0 unspecified atom stereocenters. The maximum Gasteiger partial charge on any atom is 0.234 e. The number of carbonyl (C=O) groups excluding carboxylic acids is 1. The lowest BCUT2D eigenvalue weighted by Crippen LogP contribution is -2.14. The van der Waals surface area contributed by atoms with Crippen LogP contribution in [0.15, 0.2) is 41.6 Å². The Morgan fingerprint density at radius 3 is 2.59 bits per heavy atom. The summed E-state index contributed by atoms with van der Waals surface area (Å²) in [5, 5.41) is 13.3. The smallest absolute Gasteiger partial charge is 0.234 e. The third kappa shape index (κ3) is 5.93. The van der Waals surface area contributed by atoms with Crippen LogP contribution in [0.1, 0.15) is 5.82 Å². The van der Waals surface area contributed by atoms with Gasteiger partial charge in [0.25, 0.3) is 0 Å². The van der Waals surface area contributed by atoms with Crippen LogP contribution >= 0.6 is 58.2 Å². The van der Waals surface area contributed by atoms with E-state index in [0.29, 0.717) is 42.5 Å². The lowest BCUT2D eigenvalue weighted by Gasteiger charge is -2.08. The van der Waals surface area contributed by atoms with E-state index in [1.807, 2.05) is 0 Å². The third-order valence-corrected chi connectivity index (χ3v) is 6.00. The molecule has 0 aliphatic carbocycles. The normalized spacial score (nSPS) is 10.8. The summed E-state index contributed by atoms with van der Waals surface area (Å²) < 4.78 is 7.42. The molecule has 29 heavy (non-hydrogen) atoms. The zero-order valence-electron chi connectivity index (χ0n) is 15.0. The molecule has 1 amide bonds. The number of ether oxygens (including phenoxy) is 1. The number of hydrogen-bond donors (Lipinski definition) is 1. The van der Waals surface area contributed by atoms with Crippen molar-refractivity contribution >= 4 is 69.8 Å². The number of carbonyl (C=O) groups is 1. The van der Waals surface area contributed by atoms with Gasteiger partial charge in [-0.1, -0.05) is 58.2 Å². The predicted molar refractivity (Wildman–Crippen MR) is 118 cm³/mol. The Morgan fingerprint density at radius 1 is 1.07 bits per heavy atom. The monoisotopic (exact) mass is 490 g/mol. The molecular formula is C18H14Cl4N4O2S. The molecule has 152 valence electrons. The molecule has 0 aliphatic rings. The second-order valence-corrected chi connectivity index (χ2v) is 8.39. The SMILES string of the molecule is Cn1c(COc2ccc(Cl)cc2Cl)nnc1SCC(=O)Nc1ccc(Cl)c(Cl)c1. The van der Waals surface area contributed by atoms with E-state index < -0.39 is 0 Å². The Balaban J connectivity index is 1.55. The molecule has 0 fully saturated rings. The van der Waals surface area contributed by atoms with Gasteiger partial charge in [-0.3, -0.25) is 4.79 Å². The Hall–Kier alpha value is -1.64. The van der Waals surface area contributed by atoms with Gasteiger partial charge in [-0.25, -0.2) is 0 Å². The van der Waals surface area contributed by atoms with Gasteiger partial charge in [0.05, 0.1) is 20.8 Å². The first kappa shape index (κ1) is 22.1. The van der Waals surface area contributed by atoms with E-state index in [9.17, 15) is 4.79 Å². The number of rotatable bonds is 7. The fourth-order valence-electron chi connectivity index (χ4n) is 2.23. The summed E-state index contributed by atoms with van der Waals surface area (Å²) in [4.78, 5) is 12.2. The van der Waals surface area contributed by atoms with E-state index in [-0.39, 0.29) is 18.3 Å². The van der Waals surface area contributed by atoms with Crippen LogP contribution in [0, 0.1) is 0 Å². The summed E-state index contributed by atoms with van der Waals surface area (Å²) in [6.07, 6.45) is 0. The molecule has 0 radical (unpaired) electrons. The zero-order valence-corrected chi connectivity index (χ0v) is 18.8. The van der Waals surface area contributed by atoms with Crippen LogP contribution in [-0.2, 0) is 18.4 Å². The van der Waals surface area contributed by atoms with Gasteiger partial charge in [-0.05, 0) is 36.4 Å². The summed E-state index contributed by atoms with van der Waals surface area (Å²) in [7, 11) is 1.79. The van der Waals surface area contributed by atoms with Gasteiger partial charge in [-0.2, -0.15) is 0 Å². The summed E-state index contributed by atoms with van der Waals surface area (Å²) in [5.41, 5.74) is 0.567. The van der Waals surface area contributed by atoms with Crippen molar-refractivity contribution in [3.8, 4) is 5.75 Å². The van der Waals surface area contributed by atoms with Gasteiger partial charge in [0.1, 0.15) is 12.4 Å². The van der Waals surface area contributed by atoms with Gasteiger partial charge < -0.3 is 14.6 Å². The summed E-state index contributed by atoms with van der Waals surface area (Å²) in [5.74, 6) is 1.02. The highest BCUT2D eigenvalue weighted by Crippen LogP contribution is 2.28. The fraction of sp³-hybridized carbons (Fsp3) is 0.167. The Morgan fingerprint density at radius 2 is 1.86 bits per heavy atom. The zero-order chi connectivity index (χ0) is 21.0. The maximum absolute atomic E-state index is 12.2. The predicted octanol–water partition coefficient (Wildman–Crippen LogP) is 5.74. The van der Waals surface area contributed by atoms with E-state index in [1.54, 1.807) is 48.0 Å². The molecule has 1 N–H and O–H groups in total. The molecule has 0 bridgehead atoms. The Labute approximate surface area is 191 Å². The van der Waals surface area contributed by atoms with Crippen LogP contribution in [0.2, 0.25) is 20.1 Å². The van der Waals surface area contributed by atoms with Crippen molar-refractivity contribution in [1.29, 1.82) is 0 Å². The molecule has 0 saturated carbocycles. The van der Waals surface area contributed by atoms with Gasteiger partial charge >= 0.3 is 0 Å². The molecule has 2 aromatic carbocycles. The fourth-order valence-corrected chi connectivity index (χ4v) is 3.72. The molecule has 3 aromatic rings. The minimum Gasteiger partial charge on any atom is -0.484 e. The molecule has 1 heterocycles. The standard InChI is InChI=1S/C18H14Cl4N4O2S/c1-26-16(8-28-15-5-2-10(19)6-14(15)22)24-25-18(26)29-9-17(27)23-11-3-4-12(20)13(21)7-11/h2-7H,8-9H2,1H3,(H,23,27). The minimum atomic E-state index is -0.206. The van der Waals surface area contributed by atoms with Crippen molar-refractivity contribution in [2.45, 2.75) is 11.8 Å². The molecule has 0 saturated heterocycles. The first-order chi connectivity index (χ1) is 13.8. The highest BCUT2D eigenvalue weighted by molar-refractivity contribution is 7.99. The number of hydrogen-bond acceptors (Lipinski definition) is 5. The van der Waals surface area contributed by atoms with Crippen LogP contribution < -0.4 is 10.1 Å². The Kier molecular flexibility index (Phi) is 7.54. The van der Waals surface area contributed by atoms with E-state index in [2.05, 4.69) is 15.5 Å². The van der Waals surface area contributed by atoms with Gasteiger partial charge in [0.2, 0.25) is 5.91 Å². The van der Waals surface area contributed by atoms with E-state index in [1.165, 1.54) is 11.8 Å². The number of anilines is 1. The largest absolute Gasteiger partial charge is 0.484 e. The second-order valence-electron chi connectivity index (χ2n) is 5.79. The summed E-state index contributed by atoms with van der Waals surface area (Å²) in [6, 6.07) is 9.86. The van der Waals surface area contributed by atoms with Gasteiger partial charge in [-0.15, -0.1) is 10.2 Å². The number of amides is 1. The third-order valence-electron chi connectivity index (χ3n) is 3.71. The van der Waals surface area contributed by atoms with E-state index in [0.717, 1.165) is 0 Å². The van der Waals surface area contributed by atoms with Gasteiger partial charge in [0, 0.05) is 17.8 Å². The van der Waals surface area contributed by atoms with Crippen molar-refractivity contribution in [2.75, 3.05) is 11.1 Å². The van der Waals surface area contributed by atoms with Crippen LogP contribution in [0.25, 0.3) is 0 Å². The molecule has 6 nitrogen and oxygen atoms in total. The lowest BCUT2D eigenvalue weighted by molar-refractivity contribution is -0.113. The highest BCUT2D eigenvalue weighted by atomic mass is 35.5. The van der Waals surface area contributed by atoms with Crippen LogP contribution in [0.3, 0.4) is 0 Å². The molecule has 3 rings (SSSR count). The number of halogens is 4. The number of nitrogens with zero attached hydrogens (tertiary/aromatic N) is 3. The van der Waals surface area contributed by atoms with Crippen molar-refractivity contribution in [3.63, 3.8) is 0 Å². The van der Waals surface area contributed by atoms with Crippen molar-refractivity contribution < 1.29 is 9.53 Å². The molecule has 0 atom stereocenters. The lowest BCUT2D eigenvalue weighted by atomic mass is 10.3. The van der Waals surface area contributed by atoms with Gasteiger partial charge in [0.15, 0.2) is 11.0 Å². The van der Waals surface area contributed by atoms with Crippen molar-refractivity contribution in [3.05, 3.63) is 62.3 Å². The first-order valence-electron chi connectivity index (χ1n) is 8.17. The quantitative estimate of drug-likeness (QED) is 0.427. The van der Waals surface area contributed by atoms with Crippen molar-refractivity contribution in [1.82, 2.24) is 14.8 Å². The number of thioether (sulfide) groups is 1. The Bertz CT molecular complexity index is 1040. The van der Waals surface area contributed by atoms with E-state index >= 15 is 0 Å². The molecule has 1 aromatic heterocycles. The molecular weight excluding hydrogens is 478 g/mol. The molecule has 11 heteroatoms. The highest BCUT2D eigenvalue weighted by Gasteiger charge is 2.13. The van der Waals surface area contributed by atoms with E-state index in [4.69, 9.17) is 51.1 Å². The number of benzene rings is 2. The minimum absolute atomic E-state index is 0.149. The van der Waals surface area contributed by atoms with Crippen LogP contribution in [-0.4, -0.2) is 26.4 Å². The maximum atomic E-state index is 12.2. The second kappa shape index (κ2) is 9.91. The average molecular weight is 492 g/mol. The summed E-state index contributed by atoms with van der Waals surface area (Å²) >= 11 is 25.0. The van der Waals surface area contributed by atoms with Crippen LogP contribution in [0.5, 0.6) is 5.75 Å². The topological polar surface area (TPSA) is 69.0 Å². The average Bonchev–Trinajstić information content (AvgIpc) is 3.02. The summed E-state index contributed by atoms with van der Waals surface area (Å²) in [6.45, 7) is 0.168. The molecule has 0 aliphatic heterocycles. The first-order valence-corrected chi connectivity index (χ1v) is 10.7.